The van der Waals surface area contributed by atoms with Crippen LogP contribution in [-0.2, 0) is 14.4 Å². The molecule has 0 spiro atoms. The Kier molecular flexibility index (Phi) is 10.8. The van der Waals surface area contributed by atoms with Gasteiger partial charge in [-0.2, -0.15) is 0 Å². The molecule has 0 aromatic heterocycles. The zero-order chi connectivity index (χ0) is 34.2. The number of nitro benzene ring substituents is 1. The Balaban J connectivity index is 0.000000217. The normalized spacial score (nSPS) is 34.2. The summed E-state index contributed by atoms with van der Waals surface area (Å²) in [5.74, 6) is -0.983. The Labute approximate surface area is 276 Å². The van der Waals surface area contributed by atoms with Gasteiger partial charge in [-0.05, 0) is 73.8 Å². The van der Waals surface area contributed by atoms with Gasteiger partial charge in [-0.15, -0.1) is 0 Å². The van der Waals surface area contributed by atoms with Crippen molar-refractivity contribution in [2.24, 2.45) is 28.6 Å². The van der Waals surface area contributed by atoms with E-state index in [0.717, 1.165) is 24.8 Å². The number of aliphatic hydroxyl groups is 5. The molecule has 0 aliphatic heterocycles. The number of nitrogens with one attached hydrogen (secondary N) is 1. The molecule has 4 aliphatic rings. The lowest BCUT2D eigenvalue weighted by Gasteiger charge is -2.59. The minimum atomic E-state index is -1.56. The third-order valence-electron chi connectivity index (χ3n) is 10.8. The van der Waals surface area contributed by atoms with E-state index in [1.165, 1.54) is 24.3 Å². The standard InChI is InChI=1S/C21H28O5.C11H12Cl2N2O5/c1-19-7-5-13(23)9-12(19)3-4-14-15-6-8-21(26,17(25)11-22)20(15,2)10-16(24)18(14)19;12-10(13)11(18)14-8(5-16)9(17)6-1-3-7(4-2-6)15(19)20/h5,7,9,14-16,18,22,24,26H,3-4,6,8,10-11H2,1-2H3;1-4,8-10,16-17H,5H2,(H,14,18)/t14-,15-,16-,18+,19-,20-,21-;8-,9-/m01/s1. The molecule has 1 amide bonds. The number of non-ortho nitro benzene ring substituents is 1. The summed E-state index contributed by atoms with van der Waals surface area (Å²) in [6.45, 7) is 2.79. The summed E-state index contributed by atoms with van der Waals surface area (Å²) in [7, 11) is 0. The summed E-state index contributed by atoms with van der Waals surface area (Å²) in [6.07, 6.45) is 6.43. The van der Waals surface area contributed by atoms with Gasteiger partial charge in [0.15, 0.2) is 16.4 Å². The molecule has 14 heteroatoms. The summed E-state index contributed by atoms with van der Waals surface area (Å²) in [4.78, 5) is 44.1. The Morgan fingerprint density at radius 3 is 2.37 bits per heavy atom. The molecule has 0 radical (unpaired) electrons. The average Bonchev–Trinajstić information content (AvgIpc) is 3.29. The summed E-state index contributed by atoms with van der Waals surface area (Å²) in [5.41, 5.74) is -1.37. The van der Waals surface area contributed by atoms with E-state index in [-0.39, 0.29) is 34.6 Å². The molecule has 0 unspecified atom stereocenters. The number of rotatable bonds is 8. The van der Waals surface area contributed by atoms with E-state index in [1.807, 2.05) is 13.0 Å². The van der Waals surface area contributed by atoms with Crippen molar-refractivity contribution in [3.05, 3.63) is 63.7 Å². The Hall–Kier alpha value is -2.71. The molecular weight excluding hydrogens is 643 g/mol. The maximum Gasteiger partial charge on any atom is 0.269 e. The van der Waals surface area contributed by atoms with Gasteiger partial charge in [0, 0.05) is 28.9 Å². The highest BCUT2D eigenvalue weighted by Crippen LogP contribution is 2.67. The minimum Gasteiger partial charge on any atom is -0.394 e. The molecule has 1 aromatic carbocycles. The fraction of sp³-hybridized carbons (Fsp3) is 0.594. The highest BCUT2D eigenvalue weighted by atomic mass is 35.5. The number of aliphatic hydroxyl groups excluding tert-OH is 4. The van der Waals surface area contributed by atoms with Crippen molar-refractivity contribution < 1.29 is 44.8 Å². The molecule has 1 aromatic rings. The third-order valence-corrected chi connectivity index (χ3v) is 11.2. The van der Waals surface area contributed by atoms with E-state index < -0.39 is 63.9 Å². The van der Waals surface area contributed by atoms with Crippen molar-refractivity contribution in [2.45, 2.75) is 74.6 Å². The van der Waals surface area contributed by atoms with Gasteiger partial charge in [-0.25, -0.2) is 0 Å². The molecule has 6 N–H and O–H groups in total. The molecule has 5 rings (SSSR count). The second-order valence-electron chi connectivity index (χ2n) is 13.1. The number of amides is 1. The van der Waals surface area contributed by atoms with E-state index in [2.05, 4.69) is 12.2 Å². The van der Waals surface area contributed by atoms with Crippen LogP contribution in [0.4, 0.5) is 5.69 Å². The number of carbonyl (C=O) groups is 3. The fourth-order valence-electron chi connectivity index (χ4n) is 8.41. The second-order valence-corrected chi connectivity index (χ2v) is 14.2. The highest BCUT2D eigenvalue weighted by molar-refractivity contribution is 6.53. The summed E-state index contributed by atoms with van der Waals surface area (Å²) >= 11 is 10.7. The van der Waals surface area contributed by atoms with Gasteiger partial charge < -0.3 is 30.8 Å². The highest BCUT2D eigenvalue weighted by Gasteiger charge is 2.68. The number of halogens is 2. The molecule has 252 valence electrons. The summed E-state index contributed by atoms with van der Waals surface area (Å²) < 4.78 is 0. The lowest BCUT2D eigenvalue weighted by molar-refractivity contribution is -0.384. The van der Waals surface area contributed by atoms with Gasteiger partial charge in [0.05, 0.1) is 23.7 Å². The van der Waals surface area contributed by atoms with Crippen LogP contribution < -0.4 is 5.32 Å². The predicted octanol–water partition coefficient (Wildman–Crippen LogP) is 2.47. The summed E-state index contributed by atoms with van der Waals surface area (Å²) in [5, 5.41) is 63.6. The Morgan fingerprint density at radius 2 is 1.80 bits per heavy atom. The molecule has 46 heavy (non-hydrogen) atoms. The maximum absolute atomic E-state index is 12.4. The SMILES string of the molecule is C[C@]12C=CC(=O)C=C1CC[C@@H]1[C@@H]2[C@@H](O)C[C@@]2(C)[C@H]1CC[C@]2(O)C(=O)CO.O=C(N[C@H](CO)[C@H](O)c1ccc([N+](=O)[O-])cc1)C(Cl)Cl. The molecule has 0 saturated heterocycles. The predicted molar refractivity (Wildman–Crippen MR) is 168 cm³/mol. The summed E-state index contributed by atoms with van der Waals surface area (Å²) in [6, 6.07) is 4.05. The molecule has 3 fully saturated rings. The van der Waals surface area contributed by atoms with Crippen molar-refractivity contribution in [3.8, 4) is 0 Å². The largest absolute Gasteiger partial charge is 0.394 e. The smallest absolute Gasteiger partial charge is 0.269 e. The van der Waals surface area contributed by atoms with Crippen LogP contribution in [0.25, 0.3) is 0 Å². The lowest BCUT2D eigenvalue weighted by atomic mass is 9.46. The first-order valence-electron chi connectivity index (χ1n) is 15.1. The van der Waals surface area contributed by atoms with Gasteiger partial charge in [0.2, 0.25) is 0 Å². The van der Waals surface area contributed by atoms with Crippen LogP contribution in [0.2, 0.25) is 0 Å². The molecule has 12 nitrogen and oxygen atoms in total. The number of carbonyl (C=O) groups excluding carboxylic acids is 3. The maximum atomic E-state index is 12.4. The van der Waals surface area contributed by atoms with Crippen molar-refractivity contribution in [1.29, 1.82) is 0 Å². The van der Waals surface area contributed by atoms with Gasteiger partial charge in [0.25, 0.3) is 11.6 Å². The number of nitro groups is 1. The van der Waals surface area contributed by atoms with Crippen LogP contribution in [0.1, 0.15) is 57.6 Å². The van der Waals surface area contributed by atoms with E-state index in [0.29, 0.717) is 18.4 Å². The fourth-order valence-corrected chi connectivity index (χ4v) is 8.54. The second kappa shape index (κ2) is 13.8. The number of allylic oxidation sites excluding steroid dienone is 4. The molecule has 0 bridgehead atoms. The number of hydrogen-bond donors (Lipinski definition) is 6. The van der Waals surface area contributed by atoms with E-state index in [4.69, 9.17) is 28.3 Å². The van der Waals surface area contributed by atoms with Gasteiger partial charge in [0.1, 0.15) is 18.3 Å². The van der Waals surface area contributed by atoms with E-state index >= 15 is 0 Å². The molecule has 9 atom stereocenters. The minimum absolute atomic E-state index is 0.00912. The lowest BCUT2D eigenvalue weighted by Crippen LogP contribution is -2.61. The van der Waals surface area contributed by atoms with Crippen LogP contribution in [0, 0.1) is 38.7 Å². The third kappa shape index (κ3) is 6.41. The molecular formula is C32H40Cl2N2O10. The quantitative estimate of drug-likeness (QED) is 0.134. The first-order valence-corrected chi connectivity index (χ1v) is 16.0. The number of alkyl halides is 2. The van der Waals surface area contributed by atoms with Crippen LogP contribution in [0.15, 0.2) is 48.1 Å². The van der Waals surface area contributed by atoms with Crippen molar-refractivity contribution in [2.75, 3.05) is 13.2 Å². The average molecular weight is 684 g/mol. The zero-order valence-electron chi connectivity index (χ0n) is 25.5. The first kappa shape index (κ1) is 36.1. The number of hydrogen-bond acceptors (Lipinski definition) is 10. The monoisotopic (exact) mass is 682 g/mol. The molecule has 3 saturated carbocycles. The van der Waals surface area contributed by atoms with Crippen molar-refractivity contribution >= 4 is 46.4 Å². The Bertz CT molecular complexity index is 1420. The molecule has 0 heterocycles. The molecule has 4 aliphatic carbocycles. The van der Waals surface area contributed by atoms with Crippen molar-refractivity contribution in [3.63, 3.8) is 0 Å². The van der Waals surface area contributed by atoms with Gasteiger partial charge in [-0.1, -0.05) is 48.7 Å². The van der Waals surface area contributed by atoms with Crippen LogP contribution in [0.3, 0.4) is 0 Å². The number of fused-ring (bicyclic) bond motifs is 5. The topological polar surface area (TPSA) is 208 Å². The zero-order valence-corrected chi connectivity index (χ0v) is 27.0. The van der Waals surface area contributed by atoms with Gasteiger partial charge >= 0.3 is 0 Å². The van der Waals surface area contributed by atoms with E-state index in [9.17, 15) is 44.9 Å². The number of benzene rings is 1. The van der Waals surface area contributed by atoms with E-state index in [1.54, 1.807) is 12.2 Å². The first-order chi connectivity index (χ1) is 21.5. The van der Waals surface area contributed by atoms with Crippen LogP contribution in [-0.4, -0.2) is 83.7 Å². The Morgan fingerprint density at radius 1 is 1.15 bits per heavy atom. The number of ketones is 2. The van der Waals surface area contributed by atoms with Gasteiger partial charge in [-0.3, -0.25) is 24.5 Å². The van der Waals surface area contributed by atoms with Crippen LogP contribution in [0.5, 0.6) is 0 Å². The van der Waals surface area contributed by atoms with Crippen molar-refractivity contribution in [1.82, 2.24) is 5.32 Å². The number of Topliss-reactive ketones (excluding diaryl/α,β-unsaturated/α-hetero) is 1. The number of nitrogens with zero attached hydrogens (tertiary/aromatic N) is 1. The van der Waals surface area contributed by atoms with Crippen LogP contribution >= 0.6 is 23.2 Å².